The summed E-state index contributed by atoms with van der Waals surface area (Å²) in [6, 6.07) is 34.2. The fraction of sp³-hybridized carbons (Fsp3) is 0.0714. The normalized spacial score (nSPS) is 11.1. The van der Waals surface area contributed by atoms with Gasteiger partial charge in [0.25, 0.3) is 0 Å². The molecule has 0 N–H and O–H groups in total. The lowest BCUT2D eigenvalue weighted by Crippen LogP contribution is -2.35. The Morgan fingerprint density at radius 1 is 0.788 bits per heavy atom. The first kappa shape index (κ1) is 21.0. The largest absolute Gasteiger partial charge is 0.283 e. The number of carbonyl (C=O) groups is 1. The maximum absolute atomic E-state index is 14.4. The highest BCUT2D eigenvalue weighted by Gasteiger charge is 2.30. The highest BCUT2D eigenvalue weighted by Crippen LogP contribution is 2.35. The maximum atomic E-state index is 14.4. The molecule has 1 aromatic heterocycles. The molecular weight excluding hydrogens is 431 g/mol. The minimum atomic E-state index is -0.507. The van der Waals surface area contributed by atoms with Crippen LogP contribution < -0.4 is 4.90 Å². The molecule has 0 spiro atoms. The lowest BCUT2D eigenvalue weighted by atomic mass is 9.90. The van der Waals surface area contributed by atoms with E-state index in [4.69, 9.17) is 0 Å². The van der Waals surface area contributed by atoms with Gasteiger partial charge in [-0.15, -0.1) is 0 Å². The first-order chi connectivity index (χ1) is 16.2. The molecule has 4 aromatic carbocycles. The van der Waals surface area contributed by atoms with E-state index >= 15 is 0 Å². The lowest BCUT2D eigenvalue weighted by molar-refractivity contribution is -0.119. The molecule has 1 heterocycles. The molecule has 0 unspecified atom stereocenters. The molecule has 5 rings (SSSR count). The second-order valence-corrected chi connectivity index (χ2v) is 8.76. The molecule has 162 valence electrons. The fourth-order valence-electron chi connectivity index (χ4n) is 3.95. The van der Waals surface area contributed by atoms with Crippen LogP contribution in [-0.4, -0.2) is 10.9 Å². The predicted octanol–water partition coefficient (Wildman–Crippen LogP) is 6.80. The standard InChI is InChI=1S/C28H21FN2OS/c29-23-17-10-18-24-26(23)30-28(33-24)31(19-20-11-4-1-5-12-20)27(32)25(21-13-6-2-7-14-21)22-15-8-3-9-16-22/h1-18,25H,19H2. The van der Waals surface area contributed by atoms with Crippen molar-refractivity contribution in [2.75, 3.05) is 4.90 Å². The van der Waals surface area contributed by atoms with Gasteiger partial charge in [-0.25, -0.2) is 9.37 Å². The fourth-order valence-corrected chi connectivity index (χ4v) is 4.93. The van der Waals surface area contributed by atoms with Crippen LogP contribution in [0.5, 0.6) is 0 Å². The van der Waals surface area contributed by atoms with Crippen molar-refractivity contribution < 1.29 is 9.18 Å². The summed E-state index contributed by atoms with van der Waals surface area (Å²) >= 11 is 1.33. The van der Waals surface area contributed by atoms with Gasteiger partial charge >= 0.3 is 0 Å². The van der Waals surface area contributed by atoms with Gasteiger partial charge in [-0.2, -0.15) is 0 Å². The van der Waals surface area contributed by atoms with Gasteiger partial charge in [0.2, 0.25) is 5.91 Å². The third-order valence-corrected chi connectivity index (χ3v) is 6.60. The number of nitrogens with zero attached hydrogens (tertiary/aromatic N) is 2. The van der Waals surface area contributed by atoms with Crippen LogP contribution in [0.2, 0.25) is 0 Å². The highest BCUT2D eigenvalue weighted by atomic mass is 32.1. The number of halogens is 1. The molecule has 0 bridgehead atoms. The number of fused-ring (bicyclic) bond motifs is 1. The van der Waals surface area contributed by atoms with E-state index in [1.165, 1.54) is 17.4 Å². The molecule has 5 heteroatoms. The number of hydrogen-bond acceptors (Lipinski definition) is 3. The first-order valence-corrected chi connectivity index (χ1v) is 11.5. The third kappa shape index (κ3) is 4.41. The van der Waals surface area contributed by atoms with Crippen LogP contribution in [0.3, 0.4) is 0 Å². The van der Waals surface area contributed by atoms with E-state index < -0.39 is 5.92 Å². The van der Waals surface area contributed by atoms with Crippen molar-refractivity contribution >= 4 is 32.6 Å². The van der Waals surface area contributed by atoms with E-state index in [1.807, 2.05) is 97.1 Å². The molecule has 0 atom stereocenters. The van der Waals surface area contributed by atoms with Gasteiger partial charge in [0.1, 0.15) is 11.3 Å². The number of aromatic nitrogens is 1. The zero-order chi connectivity index (χ0) is 22.6. The van der Waals surface area contributed by atoms with E-state index in [0.29, 0.717) is 21.9 Å². The number of carbonyl (C=O) groups excluding carboxylic acids is 1. The van der Waals surface area contributed by atoms with Crippen LogP contribution in [0.25, 0.3) is 10.2 Å². The molecule has 3 nitrogen and oxygen atoms in total. The Morgan fingerprint density at radius 2 is 1.36 bits per heavy atom. The number of benzene rings is 4. The quantitative estimate of drug-likeness (QED) is 0.284. The Hall–Kier alpha value is -3.83. The zero-order valence-corrected chi connectivity index (χ0v) is 18.6. The summed E-state index contributed by atoms with van der Waals surface area (Å²) in [5.41, 5.74) is 3.07. The minimum Gasteiger partial charge on any atom is -0.283 e. The summed E-state index contributed by atoms with van der Waals surface area (Å²) in [5.74, 6) is -0.992. The summed E-state index contributed by atoms with van der Waals surface area (Å²) in [5, 5.41) is 0.487. The number of hydrogen-bond donors (Lipinski definition) is 0. The van der Waals surface area contributed by atoms with E-state index in [2.05, 4.69) is 4.98 Å². The van der Waals surface area contributed by atoms with E-state index in [-0.39, 0.29) is 11.7 Å². The number of amides is 1. The molecule has 1 amide bonds. The van der Waals surface area contributed by atoms with E-state index in [0.717, 1.165) is 16.7 Å². The molecular formula is C28H21FN2OS. The van der Waals surface area contributed by atoms with Crippen molar-refractivity contribution in [1.29, 1.82) is 0 Å². The Balaban J connectivity index is 1.63. The van der Waals surface area contributed by atoms with Crippen LogP contribution in [0.15, 0.2) is 109 Å². The second kappa shape index (κ2) is 9.35. The topological polar surface area (TPSA) is 33.2 Å². The summed E-state index contributed by atoms with van der Waals surface area (Å²) in [4.78, 5) is 20.4. The molecule has 0 saturated carbocycles. The average molecular weight is 453 g/mol. The molecule has 0 radical (unpaired) electrons. The SMILES string of the molecule is O=C(C(c1ccccc1)c1ccccc1)N(Cc1ccccc1)c1nc2c(F)cccc2s1. The lowest BCUT2D eigenvalue weighted by Gasteiger charge is -2.26. The monoisotopic (exact) mass is 452 g/mol. The molecule has 0 aliphatic heterocycles. The van der Waals surface area contributed by atoms with Gasteiger partial charge in [-0.05, 0) is 28.8 Å². The number of para-hydroxylation sites is 1. The maximum Gasteiger partial charge on any atom is 0.241 e. The molecule has 33 heavy (non-hydrogen) atoms. The molecule has 5 aromatic rings. The van der Waals surface area contributed by atoms with Crippen molar-refractivity contribution in [2.24, 2.45) is 0 Å². The Labute approximate surface area is 195 Å². The molecule has 0 fully saturated rings. The minimum absolute atomic E-state index is 0.101. The number of anilines is 1. The highest BCUT2D eigenvalue weighted by molar-refractivity contribution is 7.22. The van der Waals surface area contributed by atoms with Crippen molar-refractivity contribution in [1.82, 2.24) is 4.98 Å². The van der Waals surface area contributed by atoms with Gasteiger partial charge in [-0.3, -0.25) is 9.69 Å². The third-order valence-electron chi connectivity index (χ3n) is 5.55. The zero-order valence-electron chi connectivity index (χ0n) is 17.8. The van der Waals surface area contributed by atoms with Crippen molar-refractivity contribution in [3.05, 3.63) is 132 Å². The van der Waals surface area contributed by atoms with Crippen molar-refractivity contribution in [2.45, 2.75) is 12.5 Å². The van der Waals surface area contributed by atoms with Crippen LogP contribution >= 0.6 is 11.3 Å². The molecule has 0 saturated heterocycles. The van der Waals surface area contributed by atoms with E-state index in [1.54, 1.807) is 11.0 Å². The smallest absolute Gasteiger partial charge is 0.241 e. The Bertz CT molecular complexity index is 1330. The van der Waals surface area contributed by atoms with Gasteiger partial charge < -0.3 is 0 Å². The predicted molar refractivity (Wildman–Crippen MR) is 132 cm³/mol. The van der Waals surface area contributed by atoms with E-state index in [9.17, 15) is 9.18 Å². The summed E-state index contributed by atoms with van der Waals surface area (Å²) in [6.45, 7) is 0.345. The average Bonchev–Trinajstić information content (AvgIpc) is 3.30. The van der Waals surface area contributed by atoms with Gasteiger partial charge in [0.15, 0.2) is 5.13 Å². The second-order valence-electron chi connectivity index (χ2n) is 7.75. The van der Waals surface area contributed by atoms with Crippen LogP contribution in [0.1, 0.15) is 22.6 Å². The molecule has 0 aliphatic carbocycles. The van der Waals surface area contributed by atoms with Crippen LogP contribution in [0, 0.1) is 5.82 Å². The van der Waals surface area contributed by atoms with Gasteiger partial charge in [0.05, 0.1) is 17.2 Å². The summed E-state index contributed by atoms with van der Waals surface area (Å²) < 4.78 is 15.1. The molecule has 0 aliphatic rings. The van der Waals surface area contributed by atoms with Crippen molar-refractivity contribution in [3.8, 4) is 0 Å². The Kier molecular flexibility index (Phi) is 5.96. The summed E-state index contributed by atoms with van der Waals surface area (Å²) in [7, 11) is 0. The van der Waals surface area contributed by atoms with Crippen LogP contribution in [0.4, 0.5) is 9.52 Å². The number of rotatable bonds is 6. The van der Waals surface area contributed by atoms with Crippen molar-refractivity contribution in [3.63, 3.8) is 0 Å². The van der Waals surface area contributed by atoms with Gasteiger partial charge in [-0.1, -0.05) is 108 Å². The first-order valence-electron chi connectivity index (χ1n) is 10.7. The van der Waals surface area contributed by atoms with Crippen LogP contribution in [-0.2, 0) is 11.3 Å². The van der Waals surface area contributed by atoms with Gasteiger partial charge in [0, 0.05) is 0 Å². The number of thiazole rings is 1. The summed E-state index contributed by atoms with van der Waals surface area (Å²) in [6.07, 6.45) is 0. The Morgan fingerprint density at radius 3 is 1.94 bits per heavy atom.